The van der Waals surface area contributed by atoms with E-state index in [9.17, 15) is 4.57 Å². The molecule has 0 radical (unpaired) electrons. The summed E-state index contributed by atoms with van der Waals surface area (Å²) >= 11 is 0. The van der Waals surface area contributed by atoms with Crippen LogP contribution in [0.5, 0.6) is 0 Å². The number of rotatable bonds is 3. The smallest absolute Gasteiger partial charge is 0.190 e. The van der Waals surface area contributed by atoms with E-state index in [2.05, 4.69) is 0 Å². The van der Waals surface area contributed by atoms with E-state index < -0.39 is 8.03 Å². The van der Waals surface area contributed by atoms with Gasteiger partial charge in [-0.25, -0.2) is 0 Å². The van der Waals surface area contributed by atoms with E-state index >= 15 is 0 Å². The van der Waals surface area contributed by atoms with Gasteiger partial charge in [-0.2, -0.15) is 5.26 Å². The van der Waals surface area contributed by atoms with Crippen molar-refractivity contribution in [1.29, 1.82) is 5.26 Å². The van der Waals surface area contributed by atoms with Crippen LogP contribution in [0.3, 0.4) is 0 Å². The molecule has 0 bridgehead atoms. The third kappa shape index (κ3) is 4.20. The predicted molar refractivity (Wildman–Crippen MR) is 35.5 cm³/mol. The second kappa shape index (κ2) is 4.55. The van der Waals surface area contributed by atoms with Crippen LogP contribution in [0.25, 0.3) is 0 Å². The molecule has 9 heavy (non-hydrogen) atoms. The summed E-state index contributed by atoms with van der Waals surface area (Å²) in [6.45, 7) is 1.83. The Morgan fingerprint density at radius 2 is 2.44 bits per heavy atom. The predicted octanol–water partition coefficient (Wildman–Crippen LogP) is 1.00. The maximum absolute atomic E-state index is 10.2. The van der Waals surface area contributed by atoms with E-state index in [0.717, 1.165) is 0 Å². The number of nitrogens with zero attached hydrogens (tertiary/aromatic N) is 1. The van der Waals surface area contributed by atoms with Crippen molar-refractivity contribution in [3.63, 3.8) is 0 Å². The highest BCUT2D eigenvalue weighted by molar-refractivity contribution is 7.38. The third-order valence-electron chi connectivity index (χ3n) is 1.10. The summed E-state index contributed by atoms with van der Waals surface area (Å²) in [6.07, 6.45) is 0.811. The molecule has 0 saturated carbocycles. The molecule has 0 aromatic rings. The Balaban J connectivity index is 3.60. The van der Waals surface area contributed by atoms with E-state index in [1.807, 2.05) is 13.0 Å². The molecule has 2 unspecified atom stereocenters. The number of hydrogen-bond acceptors (Lipinski definition) is 2. The van der Waals surface area contributed by atoms with Gasteiger partial charge in [0.2, 0.25) is 0 Å². The molecule has 0 aliphatic carbocycles. The molecular formula is C5H10NO2P. The fourth-order valence-electron chi connectivity index (χ4n) is 0.492. The van der Waals surface area contributed by atoms with Crippen LogP contribution in [0.2, 0.25) is 0 Å². The van der Waals surface area contributed by atoms with Crippen molar-refractivity contribution in [3.05, 3.63) is 0 Å². The SMILES string of the molecule is CCC(C#N)C[PH](=O)O. The highest BCUT2D eigenvalue weighted by Gasteiger charge is 2.05. The van der Waals surface area contributed by atoms with Gasteiger partial charge in [0, 0.05) is 6.16 Å². The van der Waals surface area contributed by atoms with Gasteiger partial charge >= 0.3 is 0 Å². The van der Waals surface area contributed by atoms with Gasteiger partial charge < -0.3 is 4.89 Å². The largest absolute Gasteiger partial charge is 0.346 e. The van der Waals surface area contributed by atoms with Crippen LogP contribution in [0, 0.1) is 17.2 Å². The molecule has 0 spiro atoms. The van der Waals surface area contributed by atoms with Crippen LogP contribution in [0.4, 0.5) is 0 Å². The zero-order chi connectivity index (χ0) is 7.28. The highest BCUT2D eigenvalue weighted by atomic mass is 31.1. The van der Waals surface area contributed by atoms with Crippen molar-refractivity contribution < 1.29 is 9.46 Å². The van der Waals surface area contributed by atoms with Gasteiger partial charge in [-0.3, -0.25) is 4.57 Å². The lowest BCUT2D eigenvalue weighted by atomic mass is 10.1. The Morgan fingerprint density at radius 1 is 1.89 bits per heavy atom. The van der Waals surface area contributed by atoms with Gasteiger partial charge in [0.1, 0.15) is 0 Å². The summed E-state index contributed by atoms with van der Waals surface area (Å²) < 4.78 is 10.2. The fourth-order valence-corrected chi connectivity index (χ4v) is 1.29. The minimum atomic E-state index is -2.43. The van der Waals surface area contributed by atoms with Crippen molar-refractivity contribution in [2.45, 2.75) is 13.3 Å². The van der Waals surface area contributed by atoms with E-state index in [0.29, 0.717) is 6.42 Å². The Kier molecular flexibility index (Phi) is 4.39. The molecule has 0 fully saturated rings. The maximum atomic E-state index is 10.2. The van der Waals surface area contributed by atoms with E-state index in [1.54, 1.807) is 0 Å². The molecule has 0 rings (SSSR count). The first-order chi connectivity index (χ1) is 4.20. The maximum Gasteiger partial charge on any atom is 0.190 e. The summed E-state index contributed by atoms with van der Waals surface area (Å²) in [4.78, 5) is 8.38. The van der Waals surface area contributed by atoms with Crippen molar-refractivity contribution in [2.24, 2.45) is 5.92 Å². The van der Waals surface area contributed by atoms with E-state index in [1.165, 1.54) is 0 Å². The van der Waals surface area contributed by atoms with Gasteiger partial charge in [-0.1, -0.05) is 6.92 Å². The second-order valence-corrected chi connectivity index (χ2v) is 3.03. The van der Waals surface area contributed by atoms with E-state index in [4.69, 9.17) is 10.2 Å². The minimum Gasteiger partial charge on any atom is -0.346 e. The van der Waals surface area contributed by atoms with Crippen LogP contribution >= 0.6 is 8.03 Å². The van der Waals surface area contributed by atoms with Crippen molar-refractivity contribution in [3.8, 4) is 6.07 Å². The second-order valence-electron chi connectivity index (χ2n) is 1.83. The summed E-state index contributed by atoms with van der Waals surface area (Å²) in [5.41, 5.74) is 0. The molecule has 0 amide bonds. The molecule has 0 aliphatic heterocycles. The van der Waals surface area contributed by atoms with Gasteiger partial charge in [-0.05, 0) is 6.42 Å². The van der Waals surface area contributed by atoms with Crippen LogP contribution in [-0.4, -0.2) is 11.1 Å². The number of hydrogen-bond donors (Lipinski definition) is 1. The number of nitriles is 1. The lowest BCUT2D eigenvalue weighted by Crippen LogP contribution is -1.96. The molecule has 4 heteroatoms. The quantitative estimate of drug-likeness (QED) is 0.606. The fraction of sp³-hybridized carbons (Fsp3) is 0.800. The molecule has 0 aliphatic rings. The topological polar surface area (TPSA) is 61.1 Å². The Morgan fingerprint density at radius 3 is 2.56 bits per heavy atom. The lowest BCUT2D eigenvalue weighted by molar-refractivity contribution is 0.494. The van der Waals surface area contributed by atoms with Crippen LogP contribution in [0.1, 0.15) is 13.3 Å². The van der Waals surface area contributed by atoms with Gasteiger partial charge in [0.05, 0.1) is 12.0 Å². The first kappa shape index (κ1) is 8.68. The van der Waals surface area contributed by atoms with Gasteiger partial charge in [0.25, 0.3) is 0 Å². The van der Waals surface area contributed by atoms with Crippen molar-refractivity contribution >= 4 is 8.03 Å². The Bertz CT molecular complexity index is 140. The zero-order valence-corrected chi connectivity index (χ0v) is 6.29. The van der Waals surface area contributed by atoms with Gasteiger partial charge in [-0.15, -0.1) is 0 Å². The molecule has 0 aromatic heterocycles. The average molecular weight is 147 g/mol. The van der Waals surface area contributed by atoms with Crippen molar-refractivity contribution in [2.75, 3.05) is 6.16 Å². The van der Waals surface area contributed by atoms with E-state index in [-0.39, 0.29) is 12.1 Å². The summed E-state index contributed by atoms with van der Waals surface area (Å²) in [5.74, 6) is -0.235. The monoisotopic (exact) mass is 147 g/mol. The van der Waals surface area contributed by atoms with Crippen LogP contribution in [-0.2, 0) is 4.57 Å². The van der Waals surface area contributed by atoms with Gasteiger partial charge in [0.15, 0.2) is 8.03 Å². The summed E-state index contributed by atoms with van der Waals surface area (Å²) in [6, 6.07) is 1.95. The molecule has 52 valence electrons. The molecule has 0 saturated heterocycles. The van der Waals surface area contributed by atoms with Crippen LogP contribution < -0.4 is 0 Å². The highest BCUT2D eigenvalue weighted by Crippen LogP contribution is 2.19. The Hall–Kier alpha value is -0.320. The molecule has 1 N–H and O–H groups in total. The zero-order valence-electron chi connectivity index (χ0n) is 5.29. The molecule has 0 aromatic carbocycles. The molecular weight excluding hydrogens is 137 g/mol. The summed E-state index contributed by atoms with van der Waals surface area (Å²) in [7, 11) is -2.43. The standard InChI is InChI=1S/C5H10NO2P/c1-2-5(3-6)4-9(7)8/h5,9H,2,4H2,1H3,(H,7,8). The average Bonchev–Trinajstić information content (AvgIpc) is 1.82. The Labute approximate surface area is 55.2 Å². The molecule has 0 heterocycles. The summed E-state index contributed by atoms with van der Waals surface area (Å²) in [5, 5.41) is 8.29. The third-order valence-corrected chi connectivity index (χ3v) is 1.94. The first-order valence-corrected chi connectivity index (χ1v) is 4.38. The molecule has 2 atom stereocenters. The minimum absolute atomic E-state index is 0.150. The lowest BCUT2D eigenvalue weighted by Gasteiger charge is -1.99. The van der Waals surface area contributed by atoms with Crippen molar-refractivity contribution in [1.82, 2.24) is 0 Å². The normalized spacial score (nSPS) is 16.1. The molecule has 3 nitrogen and oxygen atoms in total. The first-order valence-electron chi connectivity index (χ1n) is 2.82. The van der Waals surface area contributed by atoms with Crippen LogP contribution in [0.15, 0.2) is 0 Å².